The fraction of sp³-hybridized carbons (Fsp3) is 1.00. The van der Waals surface area contributed by atoms with E-state index >= 15 is 0 Å². The van der Waals surface area contributed by atoms with Gasteiger partial charge in [0.25, 0.3) is 0 Å². The standard InChI is InChI=1S/C16H33N3/c1-4-8-18-9-11-19(12-10-18)13-14-6-5-7-16(2,3)15(14)17/h14-15H,4-13,17H2,1-3H3. The van der Waals surface area contributed by atoms with Crippen LogP contribution in [0.1, 0.15) is 46.5 Å². The summed E-state index contributed by atoms with van der Waals surface area (Å²) in [7, 11) is 0. The summed E-state index contributed by atoms with van der Waals surface area (Å²) in [6.07, 6.45) is 5.28. The molecule has 1 saturated heterocycles. The quantitative estimate of drug-likeness (QED) is 0.847. The summed E-state index contributed by atoms with van der Waals surface area (Å²) in [5.41, 5.74) is 6.85. The van der Waals surface area contributed by atoms with Crippen LogP contribution in [0.5, 0.6) is 0 Å². The first-order valence-electron chi connectivity index (χ1n) is 8.23. The van der Waals surface area contributed by atoms with Crippen molar-refractivity contribution >= 4 is 0 Å². The number of hydrogen-bond acceptors (Lipinski definition) is 3. The number of piperazine rings is 1. The summed E-state index contributed by atoms with van der Waals surface area (Å²) >= 11 is 0. The Morgan fingerprint density at radius 3 is 2.37 bits per heavy atom. The van der Waals surface area contributed by atoms with Gasteiger partial charge in [-0.25, -0.2) is 0 Å². The molecule has 0 aromatic carbocycles. The Labute approximate surface area is 119 Å². The van der Waals surface area contributed by atoms with Gasteiger partial charge in [0.15, 0.2) is 0 Å². The summed E-state index contributed by atoms with van der Waals surface area (Å²) in [6, 6.07) is 0.384. The molecular weight excluding hydrogens is 234 g/mol. The highest BCUT2D eigenvalue weighted by Crippen LogP contribution is 2.38. The molecule has 1 aliphatic heterocycles. The third-order valence-corrected chi connectivity index (χ3v) is 5.30. The zero-order chi connectivity index (χ0) is 13.9. The molecule has 2 aliphatic rings. The lowest BCUT2D eigenvalue weighted by atomic mass is 9.68. The van der Waals surface area contributed by atoms with Crippen molar-refractivity contribution < 1.29 is 0 Å². The van der Waals surface area contributed by atoms with Crippen LogP contribution in [0.4, 0.5) is 0 Å². The first-order valence-corrected chi connectivity index (χ1v) is 8.23. The van der Waals surface area contributed by atoms with Crippen molar-refractivity contribution in [3.05, 3.63) is 0 Å². The Balaban J connectivity index is 1.79. The van der Waals surface area contributed by atoms with Crippen LogP contribution in [-0.2, 0) is 0 Å². The maximum Gasteiger partial charge on any atom is 0.0131 e. The van der Waals surface area contributed by atoms with Gasteiger partial charge in [0, 0.05) is 38.8 Å². The van der Waals surface area contributed by atoms with Crippen LogP contribution < -0.4 is 5.73 Å². The van der Waals surface area contributed by atoms with Crippen molar-refractivity contribution in [2.45, 2.75) is 52.5 Å². The Bertz CT molecular complexity index is 269. The zero-order valence-electron chi connectivity index (χ0n) is 13.2. The first kappa shape index (κ1) is 15.3. The number of nitrogens with zero attached hydrogens (tertiary/aromatic N) is 2. The molecule has 0 amide bonds. The molecule has 3 heteroatoms. The largest absolute Gasteiger partial charge is 0.327 e. The van der Waals surface area contributed by atoms with Gasteiger partial charge in [-0.1, -0.05) is 27.2 Å². The summed E-state index contributed by atoms with van der Waals surface area (Å²) in [4.78, 5) is 5.25. The second-order valence-corrected chi connectivity index (χ2v) is 7.31. The lowest BCUT2D eigenvalue weighted by Gasteiger charge is -2.45. The number of hydrogen-bond donors (Lipinski definition) is 1. The fourth-order valence-electron chi connectivity index (χ4n) is 3.85. The van der Waals surface area contributed by atoms with Gasteiger partial charge in [-0.3, -0.25) is 0 Å². The Morgan fingerprint density at radius 2 is 1.74 bits per heavy atom. The molecule has 2 N–H and O–H groups in total. The highest BCUT2D eigenvalue weighted by Gasteiger charge is 2.37. The van der Waals surface area contributed by atoms with Crippen molar-refractivity contribution in [3.63, 3.8) is 0 Å². The third-order valence-electron chi connectivity index (χ3n) is 5.30. The molecule has 1 aliphatic carbocycles. The Morgan fingerprint density at radius 1 is 1.11 bits per heavy atom. The van der Waals surface area contributed by atoms with Gasteiger partial charge in [-0.15, -0.1) is 0 Å². The monoisotopic (exact) mass is 267 g/mol. The van der Waals surface area contributed by atoms with Crippen molar-refractivity contribution in [1.82, 2.24) is 9.80 Å². The SMILES string of the molecule is CCCN1CCN(CC2CCCC(C)(C)C2N)CC1. The van der Waals surface area contributed by atoms with E-state index in [4.69, 9.17) is 5.73 Å². The van der Waals surface area contributed by atoms with Crippen molar-refractivity contribution in [2.24, 2.45) is 17.1 Å². The molecule has 112 valence electrons. The second-order valence-electron chi connectivity index (χ2n) is 7.31. The third kappa shape index (κ3) is 3.93. The van der Waals surface area contributed by atoms with Crippen LogP contribution in [0.25, 0.3) is 0 Å². The summed E-state index contributed by atoms with van der Waals surface area (Å²) < 4.78 is 0. The molecule has 1 heterocycles. The highest BCUT2D eigenvalue weighted by atomic mass is 15.3. The molecule has 0 aromatic rings. The van der Waals surface area contributed by atoms with Crippen LogP contribution in [0.15, 0.2) is 0 Å². The maximum absolute atomic E-state index is 6.51. The average molecular weight is 267 g/mol. The fourth-order valence-corrected chi connectivity index (χ4v) is 3.85. The van der Waals surface area contributed by atoms with Crippen LogP contribution in [0.3, 0.4) is 0 Å². The zero-order valence-corrected chi connectivity index (χ0v) is 13.2. The number of nitrogens with two attached hydrogens (primary N) is 1. The Kier molecular flexibility index (Phi) is 5.27. The molecule has 0 spiro atoms. The normalized spacial score (nSPS) is 33.5. The molecule has 2 rings (SSSR count). The molecule has 2 atom stereocenters. The van der Waals surface area contributed by atoms with Crippen molar-refractivity contribution in [1.29, 1.82) is 0 Å². The van der Waals surface area contributed by atoms with E-state index in [0.717, 1.165) is 0 Å². The molecule has 2 fully saturated rings. The highest BCUT2D eigenvalue weighted by molar-refractivity contribution is 4.92. The molecule has 19 heavy (non-hydrogen) atoms. The van der Waals surface area contributed by atoms with Crippen LogP contribution in [0, 0.1) is 11.3 Å². The predicted molar refractivity (Wildman–Crippen MR) is 82.3 cm³/mol. The predicted octanol–water partition coefficient (Wildman–Crippen LogP) is 2.17. The van der Waals surface area contributed by atoms with Gasteiger partial charge >= 0.3 is 0 Å². The lowest BCUT2D eigenvalue weighted by molar-refractivity contribution is 0.0722. The van der Waals surface area contributed by atoms with Crippen LogP contribution >= 0.6 is 0 Å². The number of rotatable bonds is 4. The van der Waals surface area contributed by atoms with Gasteiger partial charge in [0.05, 0.1) is 0 Å². The minimum absolute atomic E-state index is 0.340. The molecular formula is C16H33N3. The van der Waals surface area contributed by atoms with E-state index < -0.39 is 0 Å². The smallest absolute Gasteiger partial charge is 0.0131 e. The topological polar surface area (TPSA) is 32.5 Å². The molecule has 0 bridgehead atoms. The Hall–Kier alpha value is -0.120. The van der Waals surface area contributed by atoms with E-state index in [0.29, 0.717) is 17.4 Å². The van der Waals surface area contributed by atoms with Gasteiger partial charge in [-0.2, -0.15) is 0 Å². The first-order chi connectivity index (χ1) is 9.03. The van der Waals surface area contributed by atoms with Gasteiger partial charge in [0.2, 0.25) is 0 Å². The minimum atomic E-state index is 0.340. The van der Waals surface area contributed by atoms with Crippen molar-refractivity contribution in [3.8, 4) is 0 Å². The molecule has 0 radical (unpaired) electrons. The summed E-state index contributed by atoms with van der Waals surface area (Å²) in [5, 5.41) is 0. The lowest BCUT2D eigenvalue weighted by Crippen LogP contribution is -2.53. The average Bonchev–Trinajstić information content (AvgIpc) is 2.38. The molecule has 0 aromatic heterocycles. The molecule has 2 unspecified atom stereocenters. The second kappa shape index (κ2) is 6.55. The van der Waals surface area contributed by atoms with Crippen LogP contribution in [-0.4, -0.2) is 55.1 Å². The van der Waals surface area contributed by atoms with Gasteiger partial charge in [-0.05, 0) is 37.1 Å². The summed E-state index contributed by atoms with van der Waals surface area (Å²) in [6.45, 7) is 14.4. The van der Waals surface area contributed by atoms with Gasteiger partial charge < -0.3 is 15.5 Å². The van der Waals surface area contributed by atoms with E-state index in [1.165, 1.54) is 65.0 Å². The molecule has 1 saturated carbocycles. The minimum Gasteiger partial charge on any atom is -0.327 e. The van der Waals surface area contributed by atoms with E-state index in [2.05, 4.69) is 30.6 Å². The van der Waals surface area contributed by atoms with E-state index in [9.17, 15) is 0 Å². The van der Waals surface area contributed by atoms with Crippen molar-refractivity contribution in [2.75, 3.05) is 39.3 Å². The van der Waals surface area contributed by atoms with E-state index in [1.54, 1.807) is 0 Å². The van der Waals surface area contributed by atoms with E-state index in [1.807, 2.05) is 0 Å². The maximum atomic E-state index is 6.51. The summed E-state index contributed by atoms with van der Waals surface area (Å²) in [5.74, 6) is 0.710. The van der Waals surface area contributed by atoms with E-state index in [-0.39, 0.29) is 0 Å². The van der Waals surface area contributed by atoms with Crippen LogP contribution in [0.2, 0.25) is 0 Å². The molecule has 3 nitrogen and oxygen atoms in total. The van der Waals surface area contributed by atoms with Gasteiger partial charge in [0.1, 0.15) is 0 Å².